The second-order valence-electron chi connectivity index (χ2n) is 1.91. The predicted molar refractivity (Wildman–Crippen MR) is 48.2 cm³/mol. The van der Waals surface area contributed by atoms with Crippen molar-refractivity contribution in [2.75, 3.05) is 6.26 Å². The van der Waals surface area contributed by atoms with Crippen LogP contribution in [0, 0.1) is 5.82 Å². The topological polar surface area (TPSA) is 0 Å². The molecule has 0 saturated carbocycles. The van der Waals surface area contributed by atoms with Crippen LogP contribution in [-0.4, -0.2) is 6.26 Å². The molecule has 0 aliphatic carbocycles. The zero-order chi connectivity index (χ0) is 8.43. The molecule has 0 aliphatic heterocycles. The minimum Gasteiger partial charge on any atom is -0.204 e. The Bertz CT molecular complexity index is 252. The van der Waals surface area contributed by atoms with E-state index in [0.29, 0.717) is 0 Å². The van der Waals surface area contributed by atoms with E-state index in [0.717, 1.165) is 4.90 Å². The molecule has 60 valence electrons. The molecule has 4 heteroatoms. The van der Waals surface area contributed by atoms with Crippen molar-refractivity contribution in [3.8, 4) is 0 Å². The smallest absolute Gasteiger partial charge is 0.160 e. The van der Waals surface area contributed by atoms with Gasteiger partial charge in [-0.1, -0.05) is 23.2 Å². The summed E-state index contributed by atoms with van der Waals surface area (Å²) in [6, 6.07) is 3.10. The van der Waals surface area contributed by atoms with Gasteiger partial charge in [0.2, 0.25) is 0 Å². The van der Waals surface area contributed by atoms with Gasteiger partial charge in [0.05, 0.1) is 10.0 Å². The van der Waals surface area contributed by atoms with Crippen molar-refractivity contribution in [2.24, 2.45) is 0 Å². The highest BCUT2D eigenvalue weighted by atomic mass is 35.5. The maximum absolute atomic E-state index is 12.8. The van der Waals surface area contributed by atoms with Gasteiger partial charge in [0.25, 0.3) is 0 Å². The monoisotopic (exact) mass is 210 g/mol. The van der Waals surface area contributed by atoms with E-state index < -0.39 is 5.82 Å². The number of halogens is 3. The standard InChI is InChI=1S/C7H5Cl2FS/c1-11-4-2-5(8)7(10)6(9)3-4/h2-3H,1H3. The summed E-state index contributed by atoms with van der Waals surface area (Å²) in [7, 11) is 0. The Kier molecular flexibility index (Phi) is 3.05. The van der Waals surface area contributed by atoms with E-state index in [-0.39, 0.29) is 10.0 Å². The van der Waals surface area contributed by atoms with Gasteiger partial charge < -0.3 is 0 Å². The number of thioether (sulfide) groups is 1. The minimum absolute atomic E-state index is 0.0712. The molecule has 0 radical (unpaired) electrons. The summed E-state index contributed by atoms with van der Waals surface area (Å²) in [5.74, 6) is -0.550. The van der Waals surface area contributed by atoms with E-state index in [1.807, 2.05) is 6.26 Å². The molecule has 1 aromatic rings. The van der Waals surface area contributed by atoms with Gasteiger partial charge >= 0.3 is 0 Å². The summed E-state index contributed by atoms with van der Waals surface area (Å²) in [5, 5.41) is 0.142. The lowest BCUT2D eigenvalue weighted by atomic mass is 10.3. The summed E-state index contributed by atoms with van der Waals surface area (Å²) < 4.78 is 12.8. The maximum Gasteiger partial charge on any atom is 0.160 e. The van der Waals surface area contributed by atoms with Crippen LogP contribution < -0.4 is 0 Å². The van der Waals surface area contributed by atoms with Gasteiger partial charge in [0.15, 0.2) is 5.82 Å². The SMILES string of the molecule is CSc1cc(Cl)c(F)c(Cl)c1. The highest BCUT2D eigenvalue weighted by Gasteiger charge is 2.05. The summed E-state index contributed by atoms with van der Waals surface area (Å²) in [4.78, 5) is 0.862. The second-order valence-corrected chi connectivity index (χ2v) is 3.60. The minimum atomic E-state index is -0.550. The predicted octanol–water partition coefficient (Wildman–Crippen LogP) is 3.85. The molecule has 0 fully saturated rings. The first-order chi connectivity index (χ1) is 5.15. The Balaban J connectivity index is 3.21. The maximum atomic E-state index is 12.8. The van der Waals surface area contributed by atoms with E-state index in [1.54, 1.807) is 12.1 Å². The molecular weight excluding hydrogens is 206 g/mol. The Hall–Kier alpha value is 0.0800. The van der Waals surface area contributed by atoms with Crippen LogP contribution in [0.25, 0.3) is 0 Å². The summed E-state index contributed by atoms with van der Waals surface area (Å²) >= 11 is 12.5. The van der Waals surface area contributed by atoms with Crippen LogP contribution in [-0.2, 0) is 0 Å². The molecule has 0 aromatic heterocycles. The van der Waals surface area contributed by atoms with E-state index in [4.69, 9.17) is 23.2 Å². The molecule has 0 amide bonds. The molecule has 0 spiro atoms. The van der Waals surface area contributed by atoms with Crippen LogP contribution in [0.4, 0.5) is 4.39 Å². The van der Waals surface area contributed by atoms with Gasteiger partial charge in [-0.05, 0) is 18.4 Å². The normalized spacial score (nSPS) is 10.2. The van der Waals surface area contributed by atoms with Gasteiger partial charge in [-0.3, -0.25) is 0 Å². The first-order valence-corrected chi connectivity index (χ1v) is 4.81. The van der Waals surface area contributed by atoms with Crippen molar-refractivity contribution in [3.63, 3.8) is 0 Å². The molecule has 0 saturated heterocycles. The third-order valence-electron chi connectivity index (χ3n) is 1.19. The van der Waals surface area contributed by atoms with E-state index in [9.17, 15) is 4.39 Å². The average molecular weight is 211 g/mol. The molecule has 0 heterocycles. The van der Waals surface area contributed by atoms with Crippen LogP contribution in [0.5, 0.6) is 0 Å². The zero-order valence-corrected chi connectivity index (χ0v) is 8.03. The van der Waals surface area contributed by atoms with Crippen molar-refractivity contribution in [3.05, 3.63) is 28.0 Å². The van der Waals surface area contributed by atoms with Gasteiger partial charge in [-0.2, -0.15) is 0 Å². The third kappa shape index (κ3) is 2.01. The highest BCUT2D eigenvalue weighted by Crippen LogP contribution is 2.28. The quantitative estimate of drug-likeness (QED) is 0.502. The number of rotatable bonds is 1. The first kappa shape index (κ1) is 9.17. The molecule has 1 rings (SSSR count). The fourth-order valence-corrected chi connectivity index (χ4v) is 1.74. The van der Waals surface area contributed by atoms with Crippen LogP contribution in [0.15, 0.2) is 17.0 Å². The fourth-order valence-electron chi connectivity index (χ4n) is 0.650. The van der Waals surface area contributed by atoms with Crippen LogP contribution in [0.3, 0.4) is 0 Å². The molecule has 11 heavy (non-hydrogen) atoms. The molecule has 0 unspecified atom stereocenters. The summed E-state index contributed by atoms with van der Waals surface area (Å²) in [6.45, 7) is 0. The van der Waals surface area contributed by atoms with Gasteiger partial charge in [-0.25, -0.2) is 4.39 Å². The first-order valence-electron chi connectivity index (χ1n) is 2.83. The second kappa shape index (κ2) is 3.65. The largest absolute Gasteiger partial charge is 0.204 e. The van der Waals surface area contributed by atoms with Gasteiger partial charge in [-0.15, -0.1) is 11.8 Å². The molecule has 0 N–H and O–H groups in total. The molecule has 0 nitrogen and oxygen atoms in total. The lowest BCUT2D eigenvalue weighted by Gasteiger charge is -2.00. The fraction of sp³-hybridized carbons (Fsp3) is 0.143. The molecule has 0 atom stereocenters. The summed E-state index contributed by atoms with van der Waals surface area (Å²) in [6.07, 6.45) is 1.87. The Morgan fingerprint density at radius 3 is 2.09 bits per heavy atom. The zero-order valence-electron chi connectivity index (χ0n) is 5.70. The van der Waals surface area contributed by atoms with E-state index in [1.165, 1.54) is 11.8 Å². The van der Waals surface area contributed by atoms with Crippen molar-refractivity contribution in [1.29, 1.82) is 0 Å². The van der Waals surface area contributed by atoms with Gasteiger partial charge in [0.1, 0.15) is 0 Å². The number of benzene rings is 1. The van der Waals surface area contributed by atoms with Crippen molar-refractivity contribution >= 4 is 35.0 Å². The van der Waals surface area contributed by atoms with Gasteiger partial charge in [0, 0.05) is 4.90 Å². The lowest BCUT2D eigenvalue weighted by molar-refractivity contribution is 0.627. The number of hydrogen-bond donors (Lipinski definition) is 0. The van der Waals surface area contributed by atoms with E-state index >= 15 is 0 Å². The number of hydrogen-bond acceptors (Lipinski definition) is 1. The molecule has 0 bridgehead atoms. The van der Waals surface area contributed by atoms with Crippen LogP contribution in [0.2, 0.25) is 10.0 Å². The Morgan fingerprint density at radius 1 is 1.27 bits per heavy atom. The summed E-state index contributed by atoms with van der Waals surface area (Å²) in [5.41, 5.74) is 0. The van der Waals surface area contributed by atoms with Crippen molar-refractivity contribution in [1.82, 2.24) is 0 Å². The molecule has 0 aliphatic rings. The Labute approximate surface area is 78.7 Å². The van der Waals surface area contributed by atoms with E-state index in [2.05, 4.69) is 0 Å². The van der Waals surface area contributed by atoms with Crippen molar-refractivity contribution < 1.29 is 4.39 Å². The Morgan fingerprint density at radius 2 is 1.73 bits per heavy atom. The molecular formula is C7H5Cl2FS. The third-order valence-corrected chi connectivity index (χ3v) is 2.45. The average Bonchev–Trinajstić information content (AvgIpc) is 1.99. The van der Waals surface area contributed by atoms with Crippen LogP contribution >= 0.6 is 35.0 Å². The lowest BCUT2D eigenvalue weighted by Crippen LogP contribution is -1.80. The van der Waals surface area contributed by atoms with Crippen molar-refractivity contribution in [2.45, 2.75) is 4.90 Å². The molecule has 1 aromatic carbocycles. The highest BCUT2D eigenvalue weighted by molar-refractivity contribution is 7.98. The van der Waals surface area contributed by atoms with Crippen LogP contribution in [0.1, 0.15) is 0 Å².